The third kappa shape index (κ3) is 7.07. The van der Waals surface area contributed by atoms with Crippen LogP contribution in [0.1, 0.15) is 25.7 Å². The lowest BCUT2D eigenvalue weighted by Crippen LogP contribution is -2.59. The molecule has 0 amide bonds. The van der Waals surface area contributed by atoms with Crippen LogP contribution in [-0.2, 0) is 23.9 Å². The molecule has 0 atom stereocenters. The normalized spacial score (nSPS) is 11.9. The van der Waals surface area contributed by atoms with Crippen LogP contribution in [0.3, 0.4) is 0 Å². The molecular weight excluding hydrogens is 380 g/mol. The number of carboxylic acid groups (broad SMARTS) is 4. The highest BCUT2D eigenvalue weighted by Crippen LogP contribution is 2.46. The summed E-state index contributed by atoms with van der Waals surface area (Å²) in [6.45, 7) is -0.219. The Hall–Kier alpha value is -1.54. The molecule has 144 valence electrons. The van der Waals surface area contributed by atoms with Gasteiger partial charge in [-0.15, -0.1) is 0 Å². The zero-order valence-electron chi connectivity index (χ0n) is 13.0. The first-order chi connectivity index (χ1) is 11.5. The molecule has 0 aromatic carbocycles. The Bertz CT molecular complexity index is 483. The molecule has 0 fully saturated rings. The van der Waals surface area contributed by atoms with Gasteiger partial charge in [-0.1, -0.05) is 23.9 Å². The van der Waals surface area contributed by atoms with Crippen molar-refractivity contribution >= 4 is 47.8 Å². The van der Waals surface area contributed by atoms with Crippen molar-refractivity contribution in [2.75, 3.05) is 12.4 Å². The Morgan fingerprint density at radius 2 is 1.20 bits per heavy atom. The molecule has 0 spiro atoms. The lowest BCUT2D eigenvalue weighted by atomic mass is 9.76. The van der Waals surface area contributed by atoms with Crippen molar-refractivity contribution in [2.24, 2.45) is 10.3 Å². The molecule has 0 radical (unpaired) electrons. The van der Waals surface area contributed by atoms with Crippen molar-refractivity contribution in [3.05, 3.63) is 0 Å². The lowest BCUT2D eigenvalue weighted by Gasteiger charge is -2.46. The van der Waals surface area contributed by atoms with Crippen LogP contribution >= 0.6 is 23.9 Å². The van der Waals surface area contributed by atoms with Gasteiger partial charge in [0.05, 0.1) is 37.0 Å². The Morgan fingerprint density at radius 3 is 1.48 bits per heavy atom. The maximum Gasteiger partial charge on any atom is 0.306 e. The Morgan fingerprint density at radius 1 is 0.800 bits per heavy atom. The van der Waals surface area contributed by atoms with Gasteiger partial charge in [0.2, 0.25) is 0 Å². The van der Waals surface area contributed by atoms with Gasteiger partial charge in [-0.05, 0) is 0 Å². The minimum absolute atomic E-state index is 0.145. The van der Waals surface area contributed by atoms with E-state index >= 15 is 0 Å². The van der Waals surface area contributed by atoms with Crippen LogP contribution in [-0.4, -0.2) is 67.0 Å². The van der Waals surface area contributed by atoms with Crippen molar-refractivity contribution in [3.8, 4) is 0 Å². The molecule has 0 aliphatic heterocycles. The van der Waals surface area contributed by atoms with E-state index in [0.717, 1.165) is 11.9 Å². The van der Waals surface area contributed by atoms with Crippen molar-refractivity contribution in [1.29, 1.82) is 0 Å². The molecule has 25 heavy (non-hydrogen) atoms. The van der Waals surface area contributed by atoms with Gasteiger partial charge in [0.25, 0.3) is 0 Å². The predicted octanol–water partition coefficient (Wildman–Crippen LogP) is -0.407. The number of nitrogens with two attached hydrogens (primary N) is 2. The quantitative estimate of drug-likeness (QED) is 0.162. The largest absolute Gasteiger partial charge is 0.481 e. The molecule has 0 bridgehead atoms. The maximum absolute atomic E-state index is 11.3. The smallest absolute Gasteiger partial charge is 0.306 e. The van der Waals surface area contributed by atoms with E-state index in [1.54, 1.807) is 0 Å². The van der Waals surface area contributed by atoms with Crippen molar-refractivity contribution in [2.45, 2.75) is 36.0 Å². The van der Waals surface area contributed by atoms with Gasteiger partial charge in [0.15, 0.2) is 0 Å². The van der Waals surface area contributed by atoms with Crippen LogP contribution in [0, 0.1) is 0 Å². The summed E-state index contributed by atoms with van der Waals surface area (Å²) >= 11 is 1.11. The van der Waals surface area contributed by atoms with Crippen molar-refractivity contribution in [3.63, 3.8) is 0 Å². The van der Waals surface area contributed by atoms with Gasteiger partial charge in [0, 0.05) is 5.75 Å². The minimum atomic E-state index is -2.17. The van der Waals surface area contributed by atoms with E-state index in [4.69, 9.17) is 25.2 Å². The average Bonchev–Trinajstić information content (AvgIpc) is 2.43. The van der Waals surface area contributed by atoms with Crippen LogP contribution in [0.4, 0.5) is 0 Å². The number of ether oxygens (including phenoxy) is 1. The molecule has 0 saturated carbocycles. The molecule has 0 unspecified atom stereocenters. The van der Waals surface area contributed by atoms with Crippen LogP contribution < -0.4 is 10.3 Å². The number of hydrogen-bond acceptors (Lipinski definition) is 9. The fraction of sp³-hybridized carbons (Fsp3) is 0.667. The predicted molar refractivity (Wildman–Crippen MR) is 88.8 cm³/mol. The molecule has 0 saturated heterocycles. The zero-order chi connectivity index (χ0) is 19.7. The summed E-state index contributed by atoms with van der Waals surface area (Å²) in [5.74, 6) is -5.79. The van der Waals surface area contributed by atoms with Gasteiger partial charge < -0.3 is 25.2 Å². The SMILES string of the molecule is NSCCOC(CC(=O)O)(CC(=O)O)C(CC(=O)O)(CC(=O)O)SN. The fourth-order valence-electron chi connectivity index (χ4n) is 2.46. The van der Waals surface area contributed by atoms with E-state index in [1.807, 2.05) is 0 Å². The average molecular weight is 400 g/mol. The maximum atomic E-state index is 11.3. The first-order valence-electron chi connectivity index (χ1n) is 6.75. The van der Waals surface area contributed by atoms with Gasteiger partial charge in [-0.3, -0.25) is 29.5 Å². The highest BCUT2D eigenvalue weighted by Gasteiger charge is 2.57. The van der Waals surface area contributed by atoms with Gasteiger partial charge in [0.1, 0.15) is 5.60 Å². The van der Waals surface area contributed by atoms with E-state index in [2.05, 4.69) is 0 Å². The van der Waals surface area contributed by atoms with Crippen molar-refractivity contribution in [1.82, 2.24) is 0 Å². The number of rotatable bonds is 14. The number of hydrogen-bond donors (Lipinski definition) is 6. The third-order valence-corrected chi connectivity index (χ3v) is 4.90. The first-order valence-corrected chi connectivity index (χ1v) is 8.67. The summed E-state index contributed by atoms with van der Waals surface area (Å²) in [6, 6.07) is 0. The van der Waals surface area contributed by atoms with E-state index < -0.39 is 59.9 Å². The summed E-state index contributed by atoms with van der Waals surface area (Å²) in [4.78, 5) is 45.2. The Labute approximate surface area is 151 Å². The van der Waals surface area contributed by atoms with Crippen LogP contribution in [0.5, 0.6) is 0 Å². The van der Waals surface area contributed by atoms with Gasteiger partial charge >= 0.3 is 23.9 Å². The summed E-state index contributed by atoms with van der Waals surface area (Å²) in [6.07, 6.45) is -3.70. The van der Waals surface area contributed by atoms with Crippen LogP contribution in [0.15, 0.2) is 0 Å². The highest BCUT2D eigenvalue weighted by atomic mass is 32.2. The molecule has 8 N–H and O–H groups in total. The summed E-state index contributed by atoms with van der Waals surface area (Å²) < 4.78 is 3.43. The summed E-state index contributed by atoms with van der Waals surface area (Å²) in [5.41, 5.74) is -2.17. The molecular formula is C12H20N2O9S2. The van der Waals surface area contributed by atoms with E-state index in [1.165, 1.54) is 0 Å². The van der Waals surface area contributed by atoms with Gasteiger partial charge in [-0.25, -0.2) is 0 Å². The number of carbonyl (C=O) groups is 4. The zero-order valence-corrected chi connectivity index (χ0v) is 14.7. The summed E-state index contributed by atoms with van der Waals surface area (Å²) in [7, 11) is 0. The fourth-order valence-corrected chi connectivity index (χ4v) is 3.47. The van der Waals surface area contributed by atoms with E-state index in [0.29, 0.717) is 0 Å². The lowest BCUT2D eigenvalue weighted by molar-refractivity contribution is -0.165. The minimum Gasteiger partial charge on any atom is -0.481 e. The molecule has 0 aliphatic rings. The standard InChI is InChI=1S/C12H20N2O9S2/c13-24-2-1-23-11(3-7(15)16,4-8(17)18)12(25-14,5-9(19)20)6-10(21)22/h1-6,13-14H2,(H,15,16)(H,17,18)(H,19,20)(H,21,22). The molecule has 0 rings (SSSR count). The molecule has 11 nitrogen and oxygen atoms in total. The number of carboxylic acids is 4. The Kier molecular flexibility index (Phi) is 9.81. The van der Waals surface area contributed by atoms with Gasteiger partial charge in [-0.2, -0.15) is 0 Å². The molecule has 0 aromatic heterocycles. The molecule has 0 heterocycles. The van der Waals surface area contributed by atoms with Crippen molar-refractivity contribution < 1.29 is 44.3 Å². The first kappa shape index (κ1) is 23.5. The van der Waals surface area contributed by atoms with E-state index in [-0.39, 0.29) is 24.3 Å². The molecule has 0 aromatic rings. The topological polar surface area (TPSA) is 210 Å². The highest BCUT2D eigenvalue weighted by molar-refractivity contribution is 7.98. The molecule has 0 aliphatic carbocycles. The van der Waals surface area contributed by atoms with Crippen LogP contribution in [0.25, 0.3) is 0 Å². The second kappa shape index (κ2) is 10.5. The number of aliphatic carboxylic acids is 4. The summed E-state index contributed by atoms with van der Waals surface area (Å²) in [5, 5.41) is 47.5. The van der Waals surface area contributed by atoms with Crippen LogP contribution in [0.2, 0.25) is 0 Å². The van der Waals surface area contributed by atoms with E-state index in [9.17, 15) is 29.4 Å². The molecule has 13 heteroatoms. The monoisotopic (exact) mass is 400 g/mol. The Balaban J connectivity index is 6.30. The third-order valence-electron chi connectivity index (χ3n) is 3.38. The second-order valence-electron chi connectivity index (χ2n) is 5.11. The second-order valence-corrected chi connectivity index (χ2v) is 6.87.